The summed E-state index contributed by atoms with van der Waals surface area (Å²) in [5, 5.41) is 3.36. The summed E-state index contributed by atoms with van der Waals surface area (Å²) in [5.41, 5.74) is 4.03. The van der Waals surface area contributed by atoms with Gasteiger partial charge in [-0.25, -0.2) is 0 Å². The lowest BCUT2D eigenvalue weighted by Gasteiger charge is -2.16. The molecule has 0 spiro atoms. The van der Waals surface area contributed by atoms with Crippen LogP contribution < -0.4 is 10.1 Å². The molecule has 21 heavy (non-hydrogen) atoms. The Morgan fingerprint density at radius 3 is 2.62 bits per heavy atom. The first kappa shape index (κ1) is 14.4. The Bertz CT molecular complexity index is 526. The van der Waals surface area contributed by atoms with Crippen molar-refractivity contribution in [3.05, 3.63) is 28.8 Å². The minimum Gasteiger partial charge on any atom is -0.490 e. The van der Waals surface area contributed by atoms with Crippen molar-refractivity contribution in [2.24, 2.45) is 4.99 Å². The fourth-order valence-corrected chi connectivity index (χ4v) is 3.06. The minimum absolute atomic E-state index is 0.579. The molecule has 0 atom stereocenters. The molecule has 1 aliphatic carbocycles. The van der Waals surface area contributed by atoms with Gasteiger partial charge in [0.1, 0.15) is 18.2 Å². The van der Waals surface area contributed by atoms with E-state index in [1.165, 1.54) is 36.8 Å². The fraction of sp³-hybridized carbons (Fsp3) is 0.588. The summed E-state index contributed by atoms with van der Waals surface area (Å²) in [5.74, 6) is 1.93. The second-order valence-corrected chi connectivity index (χ2v) is 5.68. The summed E-state index contributed by atoms with van der Waals surface area (Å²) in [6, 6.07) is 4.52. The number of benzene rings is 1. The van der Waals surface area contributed by atoms with Crippen LogP contribution in [-0.2, 0) is 17.6 Å². The Balaban J connectivity index is 1.92. The average Bonchev–Trinajstić information content (AvgIpc) is 2.93. The molecule has 4 heteroatoms. The number of methoxy groups -OCH3 is 1. The fourth-order valence-electron chi connectivity index (χ4n) is 3.06. The van der Waals surface area contributed by atoms with E-state index in [2.05, 4.69) is 22.4 Å². The molecule has 1 heterocycles. The van der Waals surface area contributed by atoms with Crippen molar-refractivity contribution in [3.8, 4) is 5.75 Å². The number of amidine groups is 1. The van der Waals surface area contributed by atoms with Crippen molar-refractivity contribution in [1.29, 1.82) is 0 Å². The van der Waals surface area contributed by atoms with Crippen molar-refractivity contribution < 1.29 is 9.47 Å². The Hall–Kier alpha value is -1.55. The van der Waals surface area contributed by atoms with Crippen LogP contribution in [0.25, 0.3) is 0 Å². The van der Waals surface area contributed by atoms with Gasteiger partial charge in [-0.15, -0.1) is 0 Å². The molecule has 0 aromatic heterocycles. The number of rotatable bonds is 5. The van der Waals surface area contributed by atoms with Gasteiger partial charge in [-0.2, -0.15) is 0 Å². The van der Waals surface area contributed by atoms with Crippen LogP contribution in [0.1, 0.15) is 36.0 Å². The average molecular weight is 288 g/mol. The lowest BCUT2D eigenvalue weighted by molar-refractivity contribution is 0.146. The van der Waals surface area contributed by atoms with E-state index < -0.39 is 0 Å². The molecule has 0 radical (unpaired) electrons. The highest BCUT2D eigenvalue weighted by molar-refractivity contribution is 6.02. The number of nitrogens with zero attached hydrogens (tertiary/aromatic N) is 1. The molecule has 1 N–H and O–H groups in total. The molecule has 1 aromatic carbocycles. The van der Waals surface area contributed by atoms with Crippen molar-refractivity contribution in [2.75, 3.05) is 33.4 Å². The van der Waals surface area contributed by atoms with Crippen LogP contribution in [0.15, 0.2) is 17.1 Å². The van der Waals surface area contributed by atoms with Crippen molar-refractivity contribution in [3.63, 3.8) is 0 Å². The third-order valence-corrected chi connectivity index (χ3v) is 4.17. The molecule has 1 aliphatic heterocycles. The molecular weight excluding hydrogens is 264 g/mol. The van der Waals surface area contributed by atoms with E-state index >= 15 is 0 Å². The molecule has 0 bridgehead atoms. The van der Waals surface area contributed by atoms with E-state index in [-0.39, 0.29) is 0 Å². The zero-order chi connectivity index (χ0) is 14.5. The highest BCUT2D eigenvalue weighted by atomic mass is 16.5. The minimum atomic E-state index is 0.579. The standard InChI is InChI=1S/C17H24N2O2/c1-20-9-10-21-16-12-14-6-4-2-3-5-13(14)11-15(16)17-18-7-8-19-17/h11-12H,2-10H2,1H3,(H,18,19). The maximum Gasteiger partial charge on any atom is 0.132 e. The molecule has 0 amide bonds. The topological polar surface area (TPSA) is 42.9 Å². The van der Waals surface area contributed by atoms with E-state index in [0.29, 0.717) is 13.2 Å². The lowest BCUT2D eigenvalue weighted by atomic mass is 9.98. The molecule has 0 unspecified atom stereocenters. The molecule has 1 aromatic rings. The van der Waals surface area contributed by atoms with Crippen LogP contribution in [-0.4, -0.2) is 39.2 Å². The number of aryl methyl sites for hydroxylation is 2. The third kappa shape index (κ3) is 3.38. The van der Waals surface area contributed by atoms with E-state index in [1.807, 2.05) is 0 Å². The molecule has 114 valence electrons. The highest BCUT2D eigenvalue weighted by Crippen LogP contribution is 2.29. The van der Waals surface area contributed by atoms with Gasteiger partial charge in [0.05, 0.1) is 18.7 Å². The first-order chi connectivity index (χ1) is 10.4. The van der Waals surface area contributed by atoms with E-state index in [1.54, 1.807) is 7.11 Å². The number of nitrogens with one attached hydrogen (secondary N) is 1. The maximum atomic E-state index is 5.95. The van der Waals surface area contributed by atoms with Gasteiger partial charge in [-0.05, 0) is 48.9 Å². The van der Waals surface area contributed by atoms with Gasteiger partial charge in [0.25, 0.3) is 0 Å². The zero-order valence-electron chi connectivity index (χ0n) is 12.8. The molecule has 4 nitrogen and oxygen atoms in total. The smallest absolute Gasteiger partial charge is 0.132 e. The monoisotopic (exact) mass is 288 g/mol. The first-order valence-electron chi connectivity index (χ1n) is 7.94. The summed E-state index contributed by atoms with van der Waals surface area (Å²) >= 11 is 0. The van der Waals surface area contributed by atoms with Gasteiger partial charge >= 0.3 is 0 Å². The van der Waals surface area contributed by atoms with Crippen molar-refractivity contribution in [1.82, 2.24) is 5.32 Å². The SMILES string of the molecule is COCCOc1cc2c(cc1C1=NCCN1)CCCCC2. The lowest BCUT2D eigenvalue weighted by Crippen LogP contribution is -2.21. The van der Waals surface area contributed by atoms with Crippen molar-refractivity contribution in [2.45, 2.75) is 32.1 Å². The van der Waals surface area contributed by atoms with Crippen LogP contribution in [0.3, 0.4) is 0 Å². The Morgan fingerprint density at radius 2 is 1.90 bits per heavy atom. The molecule has 3 rings (SSSR count). The third-order valence-electron chi connectivity index (χ3n) is 4.17. The van der Waals surface area contributed by atoms with Crippen LogP contribution >= 0.6 is 0 Å². The highest BCUT2D eigenvalue weighted by Gasteiger charge is 2.18. The largest absolute Gasteiger partial charge is 0.490 e. The van der Waals surface area contributed by atoms with Gasteiger partial charge in [0, 0.05) is 13.7 Å². The predicted molar refractivity (Wildman–Crippen MR) is 84.5 cm³/mol. The van der Waals surface area contributed by atoms with Crippen LogP contribution in [0.5, 0.6) is 5.75 Å². The number of fused-ring (bicyclic) bond motifs is 1. The van der Waals surface area contributed by atoms with Gasteiger partial charge in [-0.1, -0.05) is 6.42 Å². The summed E-state index contributed by atoms with van der Waals surface area (Å²) in [4.78, 5) is 4.56. The van der Waals surface area contributed by atoms with Crippen LogP contribution in [0, 0.1) is 0 Å². The van der Waals surface area contributed by atoms with E-state index in [4.69, 9.17) is 9.47 Å². The maximum absolute atomic E-state index is 5.95. The molecule has 0 saturated carbocycles. The van der Waals surface area contributed by atoms with Gasteiger partial charge in [0.2, 0.25) is 0 Å². The molecule has 0 saturated heterocycles. The second kappa shape index (κ2) is 6.94. The van der Waals surface area contributed by atoms with Gasteiger partial charge in [0.15, 0.2) is 0 Å². The number of hydrogen-bond acceptors (Lipinski definition) is 4. The van der Waals surface area contributed by atoms with E-state index in [0.717, 1.165) is 36.7 Å². The number of aliphatic imine (C=N–C) groups is 1. The second-order valence-electron chi connectivity index (χ2n) is 5.68. The summed E-state index contributed by atoms with van der Waals surface area (Å²) in [6.45, 7) is 2.96. The van der Waals surface area contributed by atoms with E-state index in [9.17, 15) is 0 Å². The number of hydrogen-bond donors (Lipinski definition) is 1. The summed E-state index contributed by atoms with van der Waals surface area (Å²) < 4.78 is 11.0. The Morgan fingerprint density at radius 1 is 1.10 bits per heavy atom. The van der Waals surface area contributed by atoms with Gasteiger partial charge in [-0.3, -0.25) is 4.99 Å². The molecular formula is C17H24N2O2. The number of ether oxygens (including phenoxy) is 2. The Kier molecular flexibility index (Phi) is 4.76. The first-order valence-corrected chi connectivity index (χ1v) is 7.94. The van der Waals surface area contributed by atoms with Crippen molar-refractivity contribution >= 4 is 5.84 Å². The van der Waals surface area contributed by atoms with Crippen LogP contribution in [0.2, 0.25) is 0 Å². The predicted octanol–water partition coefficient (Wildman–Crippen LogP) is 2.33. The van der Waals surface area contributed by atoms with Crippen LogP contribution in [0.4, 0.5) is 0 Å². The summed E-state index contributed by atoms with van der Waals surface area (Å²) in [7, 11) is 1.70. The quantitative estimate of drug-likeness (QED) is 0.668. The van der Waals surface area contributed by atoms with Gasteiger partial charge < -0.3 is 14.8 Å². The summed E-state index contributed by atoms with van der Waals surface area (Å²) in [6.07, 6.45) is 6.23. The zero-order valence-corrected chi connectivity index (χ0v) is 12.8. The molecule has 2 aliphatic rings. The normalized spacial score (nSPS) is 17.7. The Labute approximate surface area is 126 Å². The molecule has 0 fully saturated rings.